The van der Waals surface area contributed by atoms with Gasteiger partial charge in [0.2, 0.25) is 0 Å². The maximum atomic E-state index is 13.0. The highest BCUT2D eigenvalue weighted by molar-refractivity contribution is 5.17. The number of hydrogen-bond acceptors (Lipinski definition) is 3. The molecular weight excluding hydrogens is 238 g/mol. The first-order valence-electron chi connectivity index (χ1n) is 5.58. The van der Waals surface area contributed by atoms with E-state index in [-0.39, 0.29) is 6.04 Å². The van der Waals surface area contributed by atoms with Gasteiger partial charge in [-0.1, -0.05) is 0 Å². The van der Waals surface area contributed by atoms with E-state index in [1.165, 1.54) is 12.1 Å². The summed E-state index contributed by atoms with van der Waals surface area (Å²) in [6.07, 6.45) is 1.61. The fourth-order valence-electron chi connectivity index (χ4n) is 1.76. The summed E-state index contributed by atoms with van der Waals surface area (Å²) in [7, 11) is 1.84. The predicted octanol–water partition coefficient (Wildman–Crippen LogP) is 1.94. The molecule has 1 aromatic carbocycles. The Morgan fingerprint density at radius 2 is 1.94 bits per heavy atom. The SMILES string of the molecule is CC(NCc1cc(F)cc(F)c1)c1nncn1C. The molecule has 0 aliphatic carbocycles. The van der Waals surface area contributed by atoms with Gasteiger partial charge in [-0.2, -0.15) is 0 Å². The molecule has 1 unspecified atom stereocenters. The molecule has 1 aromatic heterocycles. The van der Waals surface area contributed by atoms with Crippen LogP contribution in [0.5, 0.6) is 0 Å². The highest BCUT2D eigenvalue weighted by Gasteiger charge is 2.10. The second-order valence-electron chi connectivity index (χ2n) is 4.18. The molecule has 0 aliphatic heterocycles. The molecule has 0 aliphatic rings. The summed E-state index contributed by atoms with van der Waals surface area (Å²) in [6.45, 7) is 2.28. The highest BCUT2D eigenvalue weighted by atomic mass is 19.1. The minimum Gasteiger partial charge on any atom is -0.319 e. The molecule has 1 heterocycles. The van der Waals surface area contributed by atoms with Crippen molar-refractivity contribution in [3.63, 3.8) is 0 Å². The van der Waals surface area contributed by atoms with Crippen molar-refractivity contribution in [2.45, 2.75) is 19.5 Å². The van der Waals surface area contributed by atoms with Gasteiger partial charge in [-0.3, -0.25) is 0 Å². The molecule has 0 saturated carbocycles. The Morgan fingerprint density at radius 1 is 1.28 bits per heavy atom. The van der Waals surface area contributed by atoms with Crippen LogP contribution in [0.1, 0.15) is 24.4 Å². The van der Waals surface area contributed by atoms with Gasteiger partial charge in [-0.25, -0.2) is 8.78 Å². The van der Waals surface area contributed by atoms with Crippen LogP contribution in [0.15, 0.2) is 24.5 Å². The zero-order valence-electron chi connectivity index (χ0n) is 10.2. The van der Waals surface area contributed by atoms with E-state index in [9.17, 15) is 8.78 Å². The molecule has 96 valence electrons. The molecule has 2 aromatic rings. The van der Waals surface area contributed by atoms with Gasteiger partial charge >= 0.3 is 0 Å². The van der Waals surface area contributed by atoms with Crippen LogP contribution < -0.4 is 5.32 Å². The largest absolute Gasteiger partial charge is 0.319 e. The van der Waals surface area contributed by atoms with Gasteiger partial charge in [-0.05, 0) is 24.6 Å². The number of rotatable bonds is 4. The Morgan fingerprint density at radius 3 is 2.50 bits per heavy atom. The van der Waals surface area contributed by atoms with Crippen LogP contribution in [-0.4, -0.2) is 14.8 Å². The van der Waals surface area contributed by atoms with Crippen LogP contribution in [0.4, 0.5) is 8.78 Å². The van der Waals surface area contributed by atoms with Crippen LogP contribution in [0.3, 0.4) is 0 Å². The van der Waals surface area contributed by atoms with Gasteiger partial charge in [0.25, 0.3) is 0 Å². The van der Waals surface area contributed by atoms with Crippen molar-refractivity contribution in [1.29, 1.82) is 0 Å². The van der Waals surface area contributed by atoms with Crippen molar-refractivity contribution < 1.29 is 8.78 Å². The second-order valence-corrected chi connectivity index (χ2v) is 4.18. The average Bonchev–Trinajstić information content (AvgIpc) is 2.71. The molecule has 6 heteroatoms. The fourth-order valence-corrected chi connectivity index (χ4v) is 1.76. The van der Waals surface area contributed by atoms with E-state index in [1.807, 2.05) is 14.0 Å². The molecule has 0 saturated heterocycles. The first-order chi connectivity index (χ1) is 8.56. The third-order valence-electron chi connectivity index (χ3n) is 2.67. The molecule has 4 nitrogen and oxygen atoms in total. The van der Waals surface area contributed by atoms with Crippen molar-refractivity contribution >= 4 is 0 Å². The second kappa shape index (κ2) is 5.22. The van der Waals surface area contributed by atoms with Crippen LogP contribution in [0, 0.1) is 11.6 Å². The average molecular weight is 252 g/mol. The van der Waals surface area contributed by atoms with Crippen molar-refractivity contribution in [3.8, 4) is 0 Å². The zero-order chi connectivity index (χ0) is 13.1. The van der Waals surface area contributed by atoms with Crippen LogP contribution in [0.25, 0.3) is 0 Å². The van der Waals surface area contributed by atoms with Gasteiger partial charge in [0.05, 0.1) is 6.04 Å². The topological polar surface area (TPSA) is 42.7 Å². The summed E-state index contributed by atoms with van der Waals surface area (Å²) < 4.78 is 27.8. The third-order valence-corrected chi connectivity index (χ3v) is 2.67. The molecular formula is C12H14F2N4. The third kappa shape index (κ3) is 2.89. The summed E-state index contributed by atoms with van der Waals surface area (Å²) in [5, 5.41) is 10.9. The highest BCUT2D eigenvalue weighted by Crippen LogP contribution is 2.11. The first-order valence-corrected chi connectivity index (χ1v) is 5.58. The molecule has 0 fully saturated rings. The van der Waals surface area contributed by atoms with E-state index < -0.39 is 11.6 Å². The normalized spacial score (nSPS) is 12.7. The molecule has 0 amide bonds. The maximum Gasteiger partial charge on any atom is 0.149 e. The molecule has 0 radical (unpaired) electrons. The standard InChI is InChI=1S/C12H14F2N4/c1-8(12-17-16-7-18(12)2)15-6-9-3-10(13)5-11(14)4-9/h3-5,7-8,15H,6H2,1-2H3. The van der Waals surface area contributed by atoms with E-state index in [0.717, 1.165) is 11.9 Å². The zero-order valence-corrected chi connectivity index (χ0v) is 10.2. The summed E-state index contributed by atoms with van der Waals surface area (Å²) in [6, 6.07) is 3.41. The van der Waals surface area contributed by atoms with Crippen LogP contribution in [-0.2, 0) is 13.6 Å². The Balaban J connectivity index is 2.01. The monoisotopic (exact) mass is 252 g/mol. The van der Waals surface area contributed by atoms with Crippen molar-refractivity contribution in [1.82, 2.24) is 20.1 Å². The lowest BCUT2D eigenvalue weighted by Crippen LogP contribution is -2.21. The fraction of sp³-hybridized carbons (Fsp3) is 0.333. The van der Waals surface area contributed by atoms with Crippen LogP contribution >= 0.6 is 0 Å². The lowest BCUT2D eigenvalue weighted by atomic mass is 10.2. The number of nitrogens with zero attached hydrogens (tertiary/aromatic N) is 3. The van der Waals surface area contributed by atoms with E-state index in [1.54, 1.807) is 10.9 Å². The van der Waals surface area contributed by atoms with Crippen LogP contribution in [0.2, 0.25) is 0 Å². The van der Waals surface area contributed by atoms with Gasteiger partial charge in [0.1, 0.15) is 23.8 Å². The van der Waals surface area contributed by atoms with Gasteiger partial charge in [-0.15, -0.1) is 10.2 Å². The van der Waals surface area contributed by atoms with E-state index in [0.29, 0.717) is 12.1 Å². The summed E-state index contributed by atoms with van der Waals surface area (Å²) in [4.78, 5) is 0. The Hall–Kier alpha value is -1.82. The molecule has 1 N–H and O–H groups in total. The van der Waals surface area contributed by atoms with E-state index in [4.69, 9.17) is 0 Å². The number of nitrogens with one attached hydrogen (secondary N) is 1. The molecule has 18 heavy (non-hydrogen) atoms. The number of aromatic nitrogens is 3. The first kappa shape index (κ1) is 12.6. The maximum absolute atomic E-state index is 13.0. The molecule has 0 bridgehead atoms. The van der Waals surface area contributed by atoms with Gasteiger partial charge < -0.3 is 9.88 Å². The van der Waals surface area contributed by atoms with Gasteiger partial charge in [0, 0.05) is 19.7 Å². The molecule has 1 atom stereocenters. The Bertz CT molecular complexity index is 518. The van der Waals surface area contributed by atoms with E-state index in [2.05, 4.69) is 15.5 Å². The lowest BCUT2D eigenvalue weighted by molar-refractivity contribution is 0.522. The van der Waals surface area contributed by atoms with Gasteiger partial charge in [0.15, 0.2) is 0 Å². The van der Waals surface area contributed by atoms with Crippen molar-refractivity contribution in [3.05, 3.63) is 47.5 Å². The number of benzene rings is 1. The molecule has 0 spiro atoms. The summed E-state index contributed by atoms with van der Waals surface area (Å²) >= 11 is 0. The predicted molar refractivity (Wildman–Crippen MR) is 62.6 cm³/mol. The number of halogens is 2. The Labute approximate surface area is 104 Å². The quantitative estimate of drug-likeness (QED) is 0.904. The minimum atomic E-state index is -0.571. The smallest absolute Gasteiger partial charge is 0.149 e. The Kier molecular flexibility index (Phi) is 3.66. The number of aryl methyl sites for hydroxylation is 1. The minimum absolute atomic E-state index is 0.0520. The van der Waals surface area contributed by atoms with Crippen molar-refractivity contribution in [2.24, 2.45) is 7.05 Å². The lowest BCUT2D eigenvalue weighted by Gasteiger charge is -2.13. The van der Waals surface area contributed by atoms with E-state index >= 15 is 0 Å². The summed E-state index contributed by atoms with van der Waals surface area (Å²) in [5.41, 5.74) is 0.557. The number of hydrogen-bond donors (Lipinski definition) is 1. The molecule has 2 rings (SSSR count). The summed E-state index contributed by atoms with van der Waals surface area (Å²) in [5.74, 6) is -0.372. The van der Waals surface area contributed by atoms with Crippen molar-refractivity contribution in [2.75, 3.05) is 0 Å².